The second-order valence-corrected chi connectivity index (χ2v) is 2.27. The predicted molar refractivity (Wildman–Crippen MR) is 40.3 cm³/mol. The topological polar surface area (TPSA) is 40.5 Å². The van der Waals surface area contributed by atoms with Crippen molar-refractivity contribution in [3.63, 3.8) is 0 Å². The molecule has 0 rings (SSSR count). The van der Waals surface area contributed by atoms with E-state index in [1.54, 1.807) is 0 Å². The van der Waals surface area contributed by atoms with Crippen LogP contribution in [0, 0.1) is 0 Å². The first-order chi connectivity index (χ1) is 5.56. The van der Waals surface area contributed by atoms with Gasteiger partial charge < -0.3 is 5.11 Å². The smallest absolute Gasteiger partial charge is 0.317 e. The second-order valence-electron chi connectivity index (χ2n) is 2.27. The maximum atomic E-state index is 11.8. The number of halogens is 2. The lowest BCUT2D eigenvalue weighted by molar-refractivity contribution is -0.138. The standard InChI is InChI=1S/C7H11F2NO2/c1-2-3-10(4-6(8)9)5-7(11)12/h2,6H,1,3-5H2,(H,11,12). The summed E-state index contributed by atoms with van der Waals surface area (Å²) in [6.07, 6.45) is -1.12. The molecule has 0 aromatic rings. The highest BCUT2D eigenvalue weighted by Crippen LogP contribution is 1.97. The van der Waals surface area contributed by atoms with Gasteiger partial charge in [0.15, 0.2) is 0 Å². The monoisotopic (exact) mass is 179 g/mol. The molecule has 0 heterocycles. The number of carboxylic acid groups (broad SMARTS) is 1. The van der Waals surface area contributed by atoms with E-state index < -0.39 is 18.9 Å². The first-order valence-corrected chi connectivity index (χ1v) is 3.39. The largest absolute Gasteiger partial charge is 0.480 e. The van der Waals surface area contributed by atoms with Gasteiger partial charge >= 0.3 is 5.97 Å². The molecule has 0 saturated heterocycles. The van der Waals surface area contributed by atoms with Gasteiger partial charge in [0.1, 0.15) is 0 Å². The molecule has 0 spiro atoms. The zero-order chi connectivity index (χ0) is 9.56. The van der Waals surface area contributed by atoms with Crippen molar-refractivity contribution >= 4 is 5.97 Å². The third-order valence-electron chi connectivity index (χ3n) is 1.14. The van der Waals surface area contributed by atoms with E-state index in [1.807, 2.05) is 0 Å². The lowest BCUT2D eigenvalue weighted by Crippen LogP contribution is -2.33. The highest BCUT2D eigenvalue weighted by atomic mass is 19.3. The average molecular weight is 179 g/mol. The Morgan fingerprint density at radius 1 is 1.67 bits per heavy atom. The Morgan fingerprint density at radius 3 is 2.58 bits per heavy atom. The molecule has 0 aromatic heterocycles. The Hall–Kier alpha value is -0.970. The quantitative estimate of drug-likeness (QED) is 0.614. The van der Waals surface area contributed by atoms with Crippen LogP contribution in [0.3, 0.4) is 0 Å². The molecule has 0 bridgehead atoms. The molecule has 0 saturated carbocycles. The van der Waals surface area contributed by atoms with Crippen molar-refractivity contribution in [1.82, 2.24) is 4.90 Å². The lowest BCUT2D eigenvalue weighted by Gasteiger charge is -2.16. The van der Waals surface area contributed by atoms with Crippen LogP contribution in [-0.2, 0) is 4.79 Å². The molecule has 0 aliphatic carbocycles. The molecule has 70 valence electrons. The van der Waals surface area contributed by atoms with Crippen LogP contribution in [0.5, 0.6) is 0 Å². The Labute approximate surface area is 69.3 Å². The molecule has 0 atom stereocenters. The van der Waals surface area contributed by atoms with E-state index in [2.05, 4.69) is 6.58 Å². The predicted octanol–water partition coefficient (Wildman–Crippen LogP) is 0.824. The van der Waals surface area contributed by atoms with Crippen LogP contribution in [0.2, 0.25) is 0 Å². The van der Waals surface area contributed by atoms with E-state index in [9.17, 15) is 13.6 Å². The van der Waals surface area contributed by atoms with Crippen LogP contribution < -0.4 is 0 Å². The van der Waals surface area contributed by atoms with Crippen LogP contribution in [0.4, 0.5) is 8.78 Å². The molecule has 0 aliphatic heterocycles. The first kappa shape index (κ1) is 11.0. The van der Waals surface area contributed by atoms with Gasteiger partial charge in [0.25, 0.3) is 6.43 Å². The minimum absolute atomic E-state index is 0.163. The zero-order valence-corrected chi connectivity index (χ0v) is 6.54. The summed E-state index contributed by atoms with van der Waals surface area (Å²) in [6.45, 7) is 2.59. The van der Waals surface area contributed by atoms with Crippen molar-refractivity contribution in [3.8, 4) is 0 Å². The molecule has 0 unspecified atom stereocenters. The lowest BCUT2D eigenvalue weighted by atomic mass is 10.4. The van der Waals surface area contributed by atoms with Gasteiger partial charge in [-0.2, -0.15) is 0 Å². The van der Waals surface area contributed by atoms with Crippen LogP contribution in [0.25, 0.3) is 0 Å². The Kier molecular flexibility index (Phi) is 5.19. The van der Waals surface area contributed by atoms with Crippen molar-refractivity contribution in [2.75, 3.05) is 19.6 Å². The van der Waals surface area contributed by atoms with Gasteiger partial charge in [-0.15, -0.1) is 6.58 Å². The number of carbonyl (C=O) groups is 1. The van der Waals surface area contributed by atoms with E-state index in [0.29, 0.717) is 0 Å². The molecule has 1 N–H and O–H groups in total. The fourth-order valence-electron chi connectivity index (χ4n) is 0.773. The maximum absolute atomic E-state index is 11.8. The number of nitrogens with zero attached hydrogens (tertiary/aromatic N) is 1. The molecular formula is C7H11F2NO2. The van der Waals surface area contributed by atoms with Gasteiger partial charge in [0.05, 0.1) is 13.1 Å². The molecule has 0 aromatic carbocycles. The number of hydrogen-bond donors (Lipinski definition) is 1. The van der Waals surface area contributed by atoms with Gasteiger partial charge in [-0.1, -0.05) is 6.08 Å². The first-order valence-electron chi connectivity index (χ1n) is 3.39. The summed E-state index contributed by atoms with van der Waals surface area (Å²) in [5.74, 6) is -1.11. The summed E-state index contributed by atoms with van der Waals surface area (Å²) in [5, 5.41) is 8.30. The molecule has 0 aliphatic rings. The van der Waals surface area contributed by atoms with Crippen molar-refractivity contribution in [3.05, 3.63) is 12.7 Å². The minimum atomic E-state index is -2.51. The Bertz CT molecular complexity index is 161. The number of carboxylic acids is 1. The summed E-state index contributed by atoms with van der Waals surface area (Å²) < 4.78 is 23.6. The normalized spacial score (nSPS) is 10.7. The summed E-state index contributed by atoms with van der Waals surface area (Å²) >= 11 is 0. The van der Waals surface area contributed by atoms with Gasteiger partial charge in [0.2, 0.25) is 0 Å². The van der Waals surface area contributed by atoms with E-state index >= 15 is 0 Å². The molecule has 3 nitrogen and oxygen atoms in total. The van der Waals surface area contributed by atoms with Crippen LogP contribution in [0.1, 0.15) is 0 Å². The molecule has 0 radical (unpaired) electrons. The second kappa shape index (κ2) is 5.65. The average Bonchev–Trinajstić information content (AvgIpc) is 1.84. The highest BCUT2D eigenvalue weighted by Gasteiger charge is 2.13. The summed E-state index contributed by atoms with van der Waals surface area (Å²) in [5.41, 5.74) is 0. The van der Waals surface area contributed by atoms with E-state index in [4.69, 9.17) is 5.11 Å². The van der Waals surface area contributed by atoms with E-state index in [1.165, 1.54) is 6.08 Å². The number of alkyl halides is 2. The molecule has 0 amide bonds. The van der Waals surface area contributed by atoms with Crippen LogP contribution in [0.15, 0.2) is 12.7 Å². The van der Waals surface area contributed by atoms with Crippen LogP contribution in [-0.4, -0.2) is 42.0 Å². The van der Waals surface area contributed by atoms with Crippen molar-refractivity contribution in [1.29, 1.82) is 0 Å². The van der Waals surface area contributed by atoms with Crippen molar-refractivity contribution < 1.29 is 18.7 Å². The number of rotatable bonds is 6. The van der Waals surface area contributed by atoms with Gasteiger partial charge in [-0.05, 0) is 0 Å². The summed E-state index contributed by atoms with van der Waals surface area (Å²) in [7, 11) is 0. The third kappa shape index (κ3) is 5.79. The van der Waals surface area contributed by atoms with Gasteiger partial charge in [0, 0.05) is 6.54 Å². The van der Waals surface area contributed by atoms with Crippen molar-refractivity contribution in [2.24, 2.45) is 0 Å². The van der Waals surface area contributed by atoms with Crippen LogP contribution >= 0.6 is 0 Å². The molecule has 0 fully saturated rings. The van der Waals surface area contributed by atoms with Crippen molar-refractivity contribution in [2.45, 2.75) is 6.43 Å². The minimum Gasteiger partial charge on any atom is -0.480 e. The molecule has 12 heavy (non-hydrogen) atoms. The SMILES string of the molecule is C=CCN(CC(=O)O)CC(F)F. The zero-order valence-electron chi connectivity index (χ0n) is 6.54. The third-order valence-corrected chi connectivity index (χ3v) is 1.14. The Morgan fingerprint density at radius 2 is 2.25 bits per heavy atom. The fourth-order valence-corrected chi connectivity index (χ4v) is 0.773. The Balaban J connectivity index is 3.85. The highest BCUT2D eigenvalue weighted by molar-refractivity contribution is 5.69. The number of aliphatic carboxylic acids is 1. The summed E-state index contributed by atoms with van der Waals surface area (Å²) in [4.78, 5) is 11.3. The summed E-state index contributed by atoms with van der Waals surface area (Å²) in [6, 6.07) is 0. The van der Waals surface area contributed by atoms with E-state index in [-0.39, 0.29) is 13.1 Å². The number of hydrogen-bond acceptors (Lipinski definition) is 2. The van der Waals surface area contributed by atoms with Gasteiger partial charge in [-0.25, -0.2) is 8.78 Å². The fraction of sp³-hybridized carbons (Fsp3) is 0.571. The molecular weight excluding hydrogens is 168 g/mol. The maximum Gasteiger partial charge on any atom is 0.317 e. The van der Waals surface area contributed by atoms with E-state index in [0.717, 1.165) is 4.90 Å². The van der Waals surface area contributed by atoms with Gasteiger partial charge in [-0.3, -0.25) is 9.69 Å². The molecule has 5 heteroatoms.